The fourth-order valence-electron chi connectivity index (χ4n) is 2.15. The summed E-state index contributed by atoms with van der Waals surface area (Å²) in [5, 5.41) is 0.171. The Balaban J connectivity index is 2.68. The fourth-order valence-corrected chi connectivity index (χ4v) is 2.23. The summed E-state index contributed by atoms with van der Waals surface area (Å²) >= 11 is 5.67. The molecule has 0 unspecified atom stereocenters. The quantitative estimate of drug-likeness (QED) is 0.443. The lowest BCUT2D eigenvalue weighted by Crippen LogP contribution is -2.13. The average Bonchev–Trinajstić information content (AvgIpc) is 2.53. The highest BCUT2D eigenvalue weighted by Gasteiger charge is 2.23. The van der Waals surface area contributed by atoms with Crippen molar-refractivity contribution in [3.8, 4) is 5.75 Å². The number of carbonyl (C=O) groups is 1. The van der Waals surface area contributed by atoms with Gasteiger partial charge in [-0.05, 0) is 25.5 Å². The van der Waals surface area contributed by atoms with Gasteiger partial charge in [0.25, 0.3) is 0 Å². The number of ether oxygens (including phenoxy) is 2. The molecule has 7 heteroatoms. The Bertz CT molecular complexity index is 808. The van der Waals surface area contributed by atoms with Crippen LogP contribution in [0.4, 0.5) is 8.78 Å². The van der Waals surface area contributed by atoms with Gasteiger partial charge in [-0.15, -0.1) is 11.6 Å². The summed E-state index contributed by atoms with van der Waals surface area (Å²) in [4.78, 5) is 16.4. The van der Waals surface area contributed by atoms with Gasteiger partial charge in [0.2, 0.25) is 0 Å². The van der Waals surface area contributed by atoms with E-state index in [0.29, 0.717) is 11.3 Å². The third-order valence-corrected chi connectivity index (χ3v) is 3.63. The van der Waals surface area contributed by atoms with E-state index in [1.165, 1.54) is 0 Å². The van der Waals surface area contributed by atoms with Crippen LogP contribution in [0.2, 0.25) is 0 Å². The van der Waals surface area contributed by atoms with Crippen LogP contribution >= 0.6 is 11.6 Å². The van der Waals surface area contributed by atoms with E-state index in [4.69, 9.17) is 21.1 Å². The van der Waals surface area contributed by atoms with E-state index in [9.17, 15) is 13.6 Å². The minimum absolute atomic E-state index is 0.0213. The Morgan fingerprint density at radius 2 is 2.00 bits per heavy atom. The van der Waals surface area contributed by atoms with Crippen LogP contribution in [0, 0.1) is 18.6 Å². The molecule has 24 heavy (non-hydrogen) atoms. The lowest BCUT2D eigenvalue weighted by atomic mass is 10.1. The van der Waals surface area contributed by atoms with E-state index < -0.39 is 17.6 Å². The Kier molecular flexibility index (Phi) is 5.72. The first kappa shape index (κ1) is 18.1. The third-order valence-electron chi connectivity index (χ3n) is 3.25. The summed E-state index contributed by atoms with van der Waals surface area (Å²) in [6, 6.07) is 1.90. The second kappa shape index (κ2) is 7.57. The molecule has 2 aromatic rings. The molecule has 1 heterocycles. The molecule has 0 atom stereocenters. The molecule has 0 N–H and O–H groups in total. The molecule has 0 aliphatic heterocycles. The van der Waals surface area contributed by atoms with Crippen LogP contribution < -0.4 is 4.74 Å². The maximum Gasteiger partial charge on any atom is 0.343 e. The number of fused-ring (bicyclic) bond motifs is 1. The first-order valence-corrected chi connectivity index (χ1v) is 7.74. The van der Waals surface area contributed by atoms with Gasteiger partial charge in [0.15, 0.2) is 11.6 Å². The van der Waals surface area contributed by atoms with Gasteiger partial charge in [-0.1, -0.05) is 6.58 Å². The van der Waals surface area contributed by atoms with Gasteiger partial charge >= 0.3 is 5.97 Å². The van der Waals surface area contributed by atoms with E-state index in [0.717, 1.165) is 12.1 Å². The van der Waals surface area contributed by atoms with E-state index in [2.05, 4.69) is 11.6 Å². The molecule has 1 aromatic carbocycles. The van der Waals surface area contributed by atoms with Gasteiger partial charge in [-0.3, -0.25) is 4.98 Å². The summed E-state index contributed by atoms with van der Waals surface area (Å²) in [5.41, 5.74) is 1.10. The molecule has 0 aliphatic carbocycles. The summed E-state index contributed by atoms with van der Waals surface area (Å²) in [6.45, 7) is 7.11. The highest BCUT2D eigenvalue weighted by Crippen LogP contribution is 2.33. The average molecular weight is 356 g/mol. The highest BCUT2D eigenvalue weighted by molar-refractivity contribution is 6.19. The molecule has 0 fully saturated rings. The molecule has 0 spiro atoms. The Morgan fingerprint density at radius 1 is 1.33 bits per heavy atom. The van der Waals surface area contributed by atoms with Gasteiger partial charge < -0.3 is 9.47 Å². The molecule has 4 nitrogen and oxygen atoms in total. The number of alkyl halides is 1. The minimum atomic E-state index is -1.07. The number of halogens is 3. The maximum atomic E-state index is 13.7. The van der Waals surface area contributed by atoms with Crippen LogP contribution in [0.5, 0.6) is 5.75 Å². The van der Waals surface area contributed by atoms with E-state index in [1.54, 1.807) is 13.8 Å². The van der Waals surface area contributed by atoms with Gasteiger partial charge in [-0.25, -0.2) is 13.6 Å². The monoisotopic (exact) mass is 355 g/mol. The molecular weight excluding hydrogens is 340 g/mol. The fraction of sp³-hybridized carbons (Fsp3) is 0.294. The zero-order chi connectivity index (χ0) is 17.9. The van der Waals surface area contributed by atoms with Crippen LogP contribution in [0.15, 0.2) is 24.3 Å². The zero-order valence-electron chi connectivity index (χ0n) is 13.3. The number of rotatable bonds is 6. The zero-order valence-corrected chi connectivity index (χ0v) is 14.0. The molecule has 0 radical (unpaired) electrons. The molecule has 0 aliphatic rings. The number of carbonyl (C=O) groups excluding carboxylic acids is 1. The minimum Gasteiger partial charge on any atom is -0.488 e. The summed E-state index contributed by atoms with van der Waals surface area (Å²) < 4.78 is 37.8. The van der Waals surface area contributed by atoms with Gasteiger partial charge in [-0.2, -0.15) is 0 Å². The Morgan fingerprint density at radius 3 is 2.62 bits per heavy atom. The number of hydrogen-bond acceptors (Lipinski definition) is 4. The smallest absolute Gasteiger partial charge is 0.343 e. The Labute approximate surface area is 143 Å². The number of pyridine rings is 1. The first-order valence-electron chi connectivity index (χ1n) is 7.20. The van der Waals surface area contributed by atoms with Gasteiger partial charge in [0.05, 0.1) is 17.8 Å². The van der Waals surface area contributed by atoms with Crippen LogP contribution in [-0.2, 0) is 4.74 Å². The standard InChI is InChI=1S/C17H16ClF2NO3/c1-4-23-17(22)15-10(3)21-14-6-13(20)12(19)5-11(14)16(15)24-8-9(2)7-18/h5-6H,2,4,7-8H2,1,3H3. The lowest BCUT2D eigenvalue weighted by Gasteiger charge is -2.16. The summed E-state index contributed by atoms with van der Waals surface area (Å²) in [5.74, 6) is -2.51. The predicted molar refractivity (Wildman–Crippen MR) is 87.7 cm³/mol. The van der Waals surface area contributed by atoms with E-state index in [-0.39, 0.29) is 41.3 Å². The van der Waals surface area contributed by atoms with E-state index in [1.807, 2.05) is 0 Å². The molecule has 0 bridgehead atoms. The number of nitrogens with zero attached hydrogens (tertiary/aromatic N) is 1. The van der Waals surface area contributed by atoms with Crippen molar-refractivity contribution in [3.05, 3.63) is 47.2 Å². The van der Waals surface area contributed by atoms with Crippen LogP contribution in [0.25, 0.3) is 10.9 Å². The van der Waals surface area contributed by atoms with Crippen molar-refractivity contribution in [2.45, 2.75) is 13.8 Å². The normalized spacial score (nSPS) is 10.7. The van der Waals surface area contributed by atoms with Gasteiger partial charge in [0.1, 0.15) is 17.9 Å². The second-order valence-corrected chi connectivity index (χ2v) is 5.34. The molecule has 0 saturated carbocycles. The third kappa shape index (κ3) is 3.64. The summed E-state index contributed by atoms with van der Waals surface area (Å²) in [6.07, 6.45) is 0. The van der Waals surface area contributed by atoms with Crippen molar-refractivity contribution >= 4 is 28.5 Å². The number of aryl methyl sites for hydroxylation is 1. The highest BCUT2D eigenvalue weighted by atomic mass is 35.5. The van der Waals surface area contributed by atoms with Crippen LogP contribution in [0.1, 0.15) is 23.0 Å². The number of aromatic nitrogens is 1. The number of benzene rings is 1. The number of hydrogen-bond donors (Lipinski definition) is 0. The van der Waals surface area contributed by atoms with Crippen LogP contribution in [0.3, 0.4) is 0 Å². The van der Waals surface area contributed by atoms with Crippen molar-refractivity contribution < 1.29 is 23.0 Å². The van der Waals surface area contributed by atoms with Crippen molar-refractivity contribution in [2.75, 3.05) is 19.1 Å². The molecule has 128 valence electrons. The lowest BCUT2D eigenvalue weighted by molar-refractivity contribution is 0.0521. The predicted octanol–water partition coefficient (Wildman–Crippen LogP) is 4.17. The SMILES string of the molecule is C=C(CCl)COc1c(C(=O)OCC)c(C)nc2cc(F)c(F)cc12. The Hall–Kier alpha value is -2.21. The van der Waals surface area contributed by atoms with Crippen molar-refractivity contribution in [1.29, 1.82) is 0 Å². The molecule has 2 rings (SSSR count). The number of esters is 1. The van der Waals surface area contributed by atoms with Gasteiger partial charge in [0, 0.05) is 17.3 Å². The first-order chi connectivity index (χ1) is 11.4. The van der Waals surface area contributed by atoms with Crippen LogP contribution in [-0.4, -0.2) is 30.0 Å². The van der Waals surface area contributed by atoms with Crippen molar-refractivity contribution in [1.82, 2.24) is 4.98 Å². The topological polar surface area (TPSA) is 48.4 Å². The molecule has 1 aromatic heterocycles. The second-order valence-electron chi connectivity index (χ2n) is 5.08. The molecule has 0 amide bonds. The maximum absolute atomic E-state index is 13.7. The van der Waals surface area contributed by atoms with E-state index >= 15 is 0 Å². The largest absolute Gasteiger partial charge is 0.488 e. The van der Waals surface area contributed by atoms with Crippen molar-refractivity contribution in [3.63, 3.8) is 0 Å². The summed E-state index contributed by atoms with van der Waals surface area (Å²) in [7, 11) is 0. The van der Waals surface area contributed by atoms with Crippen molar-refractivity contribution in [2.24, 2.45) is 0 Å². The molecular formula is C17H16ClF2NO3. The molecule has 0 saturated heterocycles.